The number of methoxy groups -OCH3 is 1. The molecule has 1 fully saturated rings. The van der Waals surface area contributed by atoms with Gasteiger partial charge in [0.25, 0.3) is 0 Å². The topological polar surface area (TPSA) is 41.5 Å². The molecule has 1 heterocycles. The van der Waals surface area contributed by atoms with Crippen LogP contribution in [0.1, 0.15) is 29.9 Å². The molecular formula is C13H18FNO2. The summed E-state index contributed by atoms with van der Waals surface area (Å²) in [6.07, 6.45) is 1.84. The monoisotopic (exact) mass is 239 g/mol. The van der Waals surface area contributed by atoms with Crippen molar-refractivity contribution in [2.45, 2.75) is 25.7 Å². The smallest absolute Gasteiger partial charge is 0.197 e. The fourth-order valence-corrected chi connectivity index (χ4v) is 2.40. The number of hydrogen-bond donors (Lipinski definition) is 2. The van der Waals surface area contributed by atoms with Gasteiger partial charge in [-0.15, -0.1) is 0 Å². The van der Waals surface area contributed by atoms with Crippen molar-refractivity contribution >= 4 is 0 Å². The number of nitrogens with one attached hydrogen (secondary N) is 1. The van der Waals surface area contributed by atoms with Gasteiger partial charge >= 0.3 is 0 Å². The maximum atomic E-state index is 14.2. The summed E-state index contributed by atoms with van der Waals surface area (Å²) in [4.78, 5) is 0. The van der Waals surface area contributed by atoms with Gasteiger partial charge in [0.1, 0.15) is 0 Å². The lowest BCUT2D eigenvalue weighted by atomic mass is 9.88. The molecule has 0 aromatic heterocycles. The molecule has 2 N–H and O–H groups in total. The summed E-state index contributed by atoms with van der Waals surface area (Å²) in [6.45, 7) is 3.58. The van der Waals surface area contributed by atoms with E-state index < -0.39 is 5.82 Å². The first-order valence-corrected chi connectivity index (χ1v) is 5.91. The number of aryl methyl sites for hydroxylation is 1. The third-order valence-electron chi connectivity index (χ3n) is 3.40. The van der Waals surface area contributed by atoms with E-state index in [1.807, 2.05) is 0 Å². The van der Waals surface area contributed by atoms with E-state index in [-0.39, 0.29) is 17.4 Å². The summed E-state index contributed by atoms with van der Waals surface area (Å²) in [5, 5.41) is 13.0. The van der Waals surface area contributed by atoms with E-state index in [1.54, 1.807) is 13.0 Å². The zero-order valence-corrected chi connectivity index (χ0v) is 10.2. The van der Waals surface area contributed by atoms with Crippen LogP contribution in [0.15, 0.2) is 6.07 Å². The fraction of sp³-hybridized carbons (Fsp3) is 0.538. The molecule has 3 nitrogen and oxygen atoms in total. The first-order valence-electron chi connectivity index (χ1n) is 5.91. The second-order valence-electron chi connectivity index (χ2n) is 4.50. The van der Waals surface area contributed by atoms with Gasteiger partial charge < -0.3 is 15.2 Å². The van der Waals surface area contributed by atoms with Gasteiger partial charge in [-0.25, -0.2) is 4.39 Å². The Balaban J connectivity index is 2.42. The van der Waals surface area contributed by atoms with Crippen molar-refractivity contribution in [3.05, 3.63) is 23.0 Å². The quantitative estimate of drug-likeness (QED) is 0.832. The Labute approximate surface area is 101 Å². The van der Waals surface area contributed by atoms with Crippen molar-refractivity contribution < 1.29 is 14.2 Å². The maximum Gasteiger partial charge on any atom is 0.197 e. The highest BCUT2D eigenvalue weighted by atomic mass is 19.1. The van der Waals surface area contributed by atoms with Crippen molar-refractivity contribution in [3.63, 3.8) is 0 Å². The van der Waals surface area contributed by atoms with Gasteiger partial charge in [0.05, 0.1) is 7.11 Å². The molecule has 0 atom stereocenters. The van der Waals surface area contributed by atoms with Gasteiger partial charge in [0.2, 0.25) is 0 Å². The number of benzene rings is 1. The van der Waals surface area contributed by atoms with Crippen LogP contribution in [0.5, 0.6) is 11.5 Å². The van der Waals surface area contributed by atoms with E-state index in [0.29, 0.717) is 11.1 Å². The standard InChI is InChI=1S/C13H18FNO2/c1-8-7-10(9-3-5-15-6-4-9)11(14)13(17-2)12(8)16/h7,9,15-16H,3-6H2,1-2H3. The SMILES string of the molecule is COc1c(O)c(C)cc(C2CCNCC2)c1F. The van der Waals surface area contributed by atoms with Crippen LogP contribution in [0.2, 0.25) is 0 Å². The van der Waals surface area contributed by atoms with Gasteiger partial charge in [-0.1, -0.05) is 0 Å². The number of halogens is 1. The van der Waals surface area contributed by atoms with Crippen molar-refractivity contribution in [1.82, 2.24) is 5.32 Å². The first kappa shape index (κ1) is 12.2. The minimum absolute atomic E-state index is 0.0291. The highest BCUT2D eigenvalue weighted by molar-refractivity contribution is 5.50. The molecule has 1 aliphatic heterocycles. The number of rotatable bonds is 2. The molecule has 0 spiro atoms. The third kappa shape index (κ3) is 2.22. The molecule has 1 aliphatic rings. The van der Waals surface area contributed by atoms with Crippen molar-refractivity contribution in [1.29, 1.82) is 0 Å². The van der Waals surface area contributed by atoms with Crippen LogP contribution in [0.25, 0.3) is 0 Å². The van der Waals surface area contributed by atoms with Crippen molar-refractivity contribution in [3.8, 4) is 11.5 Å². The van der Waals surface area contributed by atoms with Crippen LogP contribution in [0.3, 0.4) is 0 Å². The molecule has 1 saturated heterocycles. The molecule has 0 unspecified atom stereocenters. The third-order valence-corrected chi connectivity index (χ3v) is 3.40. The second-order valence-corrected chi connectivity index (χ2v) is 4.50. The van der Waals surface area contributed by atoms with Crippen LogP contribution >= 0.6 is 0 Å². The van der Waals surface area contributed by atoms with Crippen LogP contribution in [0, 0.1) is 12.7 Å². The van der Waals surface area contributed by atoms with Crippen molar-refractivity contribution in [2.24, 2.45) is 0 Å². The minimum Gasteiger partial charge on any atom is -0.504 e. The zero-order chi connectivity index (χ0) is 12.4. The zero-order valence-electron chi connectivity index (χ0n) is 10.2. The molecule has 94 valence electrons. The van der Waals surface area contributed by atoms with E-state index >= 15 is 0 Å². The summed E-state index contributed by atoms with van der Waals surface area (Å²) in [7, 11) is 1.38. The molecular weight excluding hydrogens is 221 g/mol. The Morgan fingerprint density at radius 2 is 2.06 bits per heavy atom. The lowest BCUT2D eigenvalue weighted by Gasteiger charge is -2.24. The molecule has 4 heteroatoms. The number of aromatic hydroxyl groups is 1. The summed E-state index contributed by atoms with van der Waals surface area (Å²) in [6, 6.07) is 1.74. The molecule has 1 aromatic carbocycles. The normalized spacial score (nSPS) is 17.1. The molecule has 17 heavy (non-hydrogen) atoms. The van der Waals surface area contributed by atoms with E-state index in [4.69, 9.17) is 4.74 Å². The molecule has 0 aliphatic carbocycles. The Kier molecular flexibility index (Phi) is 3.52. The average Bonchev–Trinajstić information content (AvgIpc) is 2.36. The van der Waals surface area contributed by atoms with Crippen LogP contribution in [-0.4, -0.2) is 25.3 Å². The van der Waals surface area contributed by atoms with Crippen LogP contribution in [-0.2, 0) is 0 Å². The highest BCUT2D eigenvalue weighted by Crippen LogP contribution is 2.39. The largest absolute Gasteiger partial charge is 0.504 e. The molecule has 2 rings (SSSR count). The average molecular weight is 239 g/mol. The van der Waals surface area contributed by atoms with Crippen LogP contribution < -0.4 is 10.1 Å². The van der Waals surface area contributed by atoms with Gasteiger partial charge in [-0.3, -0.25) is 0 Å². The van der Waals surface area contributed by atoms with E-state index in [9.17, 15) is 9.50 Å². The van der Waals surface area contributed by atoms with Gasteiger partial charge in [-0.2, -0.15) is 0 Å². The predicted octanol–water partition coefficient (Wildman–Crippen LogP) is 2.32. The Morgan fingerprint density at radius 1 is 1.41 bits per heavy atom. The number of hydrogen-bond acceptors (Lipinski definition) is 3. The number of phenolic OH excluding ortho intramolecular Hbond substituents is 1. The lowest BCUT2D eigenvalue weighted by Crippen LogP contribution is -2.27. The number of piperidine rings is 1. The van der Waals surface area contributed by atoms with Crippen molar-refractivity contribution in [2.75, 3.05) is 20.2 Å². The van der Waals surface area contributed by atoms with Crippen LogP contribution in [0.4, 0.5) is 4.39 Å². The molecule has 0 saturated carbocycles. The van der Waals surface area contributed by atoms with E-state index in [0.717, 1.165) is 25.9 Å². The second kappa shape index (κ2) is 4.92. The predicted molar refractivity (Wildman–Crippen MR) is 64.2 cm³/mol. The first-order chi connectivity index (χ1) is 8.15. The summed E-state index contributed by atoms with van der Waals surface area (Å²) >= 11 is 0. The van der Waals surface area contributed by atoms with E-state index in [2.05, 4.69) is 5.32 Å². The molecule has 0 bridgehead atoms. The van der Waals surface area contributed by atoms with E-state index in [1.165, 1.54) is 7.11 Å². The molecule has 1 aromatic rings. The van der Waals surface area contributed by atoms with Gasteiger partial charge in [0.15, 0.2) is 17.3 Å². The molecule has 0 amide bonds. The van der Waals surface area contributed by atoms with Gasteiger partial charge in [-0.05, 0) is 56.0 Å². The minimum atomic E-state index is -0.414. The Bertz CT molecular complexity index is 414. The summed E-state index contributed by atoms with van der Waals surface area (Å²) in [5.41, 5.74) is 1.33. The Morgan fingerprint density at radius 3 is 2.65 bits per heavy atom. The van der Waals surface area contributed by atoms with Gasteiger partial charge in [0, 0.05) is 0 Å². The maximum absolute atomic E-state index is 14.2. The number of phenols is 1. The number of ether oxygens (including phenoxy) is 1. The molecule has 0 radical (unpaired) electrons. The Hall–Kier alpha value is -1.29. The highest BCUT2D eigenvalue weighted by Gasteiger charge is 2.24. The fourth-order valence-electron chi connectivity index (χ4n) is 2.40. The summed E-state index contributed by atoms with van der Waals surface area (Å²) in [5.74, 6) is -0.326. The lowest BCUT2D eigenvalue weighted by molar-refractivity contribution is 0.343. The summed E-state index contributed by atoms with van der Waals surface area (Å²) < 4.78 is 19.1.